The number of carbonyl (C=O) groups is 1. The molecule has 4 nitrogen and oxygen atoms in total. The summed E-state index contributed by atoms with van der Waals surface area (Å²) in [5.74, 6) is -0.163. The van der Waals surface area contributed by atoms with E-state index >= 15 is 0 Å². The number of aromatic nitrogens is 1. The third kappa shape index (κ3) is 5.04. The summed E-state index contributed by atoms with van der Waals surface area (Å²) < 4.78 is 0. The lowest BCUT2D eigenvalue weighted by atomic mass is 10.1. The Morgan fingerprint density at radius 2 is 2.09 bits per heavy atom. The second-order valence-electron chi connectivity index (χ2n) is 4.99. The van der Waals surface area contributed by atoms with Crippen LogP contribution in [0, 0.1) is 0 Å². The summed E-state index contributed by atoms with van der Waals surface area (Å²) in [7, 11) is 0. The molecular formula is C17H20ClN3O. The molecule has 116 valence electrons. The van der Waals surface area contributed by atoms with Gasteiger partial charge in [-0.1, -0.05) is 30.7 Å². The molecule has 1 aromatic heterocycles. The number of rotatable bonds is 7. The number of hydrogen-bond acceptors (Lipinski definition) is 3. The first kappa shape index (κ1) is 16.3. The minimum absolute atomic E-state index is 0.163. The van der Waals surface area contributed by atoms with Crippen molar-refractivity contribution >= 4 is 23.2 Å². The predicted molar refractivity (Wildman–Crippen MR) is 90.5 cm³/mol. The number of amides is 1. The fourth-order valence-electron chi connectivity index (χ4n) is 2.01. The van der Waals surface area contributed by atoms with E-state index in [9.17, 15) is 4.79 Å². The summed E-state index contributed by atoms with van der Waals surface area (Å²) in [4.78, 5) is 16.2. The normalized spacial score (nSPS) is 10.3. The molecule has 1 heterocycles. The highest BCUT2D eigenvalue weighted by molar-refractivity contribution is 6.30. The molecule has 0 radical (unpaired) electrons. The van der Waals surface area contributed by atoms with E-state index in [2.05, 4.69) is 22.5 Å². The smallest absolute Gasteiger partial charge is 0.269 e. The molecule has 0 fully saturated rings. The van der Waals surface area contributed by atoms with E-state index < -0.39 is 0 Å². The van der Waals surface area contributed by atoms with Crippen LogP contribution < -0.4 is 10.6 Å². The maximum atomic E-state index is 12.0. The van der Waals surface area contributed by atoms with Gasteiger partial charge in [0.1, 0.15) is 5.69 Å². The van der Waals surface area contributed by atoms with Gasteiger partial charge in [0.25, 0.3) is 5.91 Å². The molecule has 1 aromatic carbocycles. The van der Waals surface area contributed by atoms with Gasteiger partial charge in [0.2, 0.25) is 0 Å². The van der Waals surface area contributed by atoms with Gasteiger partial charge in [0, 0.05) is 18.1 Å². The number of anilines is 1. The summed E-state index contributed by atoms with van der Waals surface area (Å²) in [6.07, 6.45) is 3.47. The number of carbonyl (C=O) groups excluding carboxylic acids is 1. The van der Waals surface area contributed by atoms with Crippen molar-refractivity contribution in [3.63, 3.8) is 0 Å². The average molecular weight is 318 g/mol. The van der Waals surface area contributed by atoms with E-state index in [-0.39, 0.29) is 5.91 Å². The van der Waals surface area contributed by atoms with Crippen LogP contribution in [0.4, 0.5) is 5.69 Å². The van der Waals surface area contributed by atoms with E-state index in [0.29, 0.717) is 17.3 Å². The molecule has 0 aliphatic heterocycles. The minimum Gasteiger partial charge on any atom is -0.384 e. The van der Waals surface area contributed by atoms with E-state index in [1.165, 1.54) is 0 Å². The van der Waals surface area contributed by atoms with Gasteiger partial charge in [-0.25, -0.2) is 4.98 Å². The summed E-state index contributed by atoms with van der Waals surface area (Å²) in [5, 5.41) is 6.80. The molecule has 2 N–H and O–H groups in total. The highest BCUT2D eigenvalue weighted by Crippen LogP contribution is 2.11. The van der Waals surface area contributed by atoms with Crippen LogP contribution >= 0.6 is 11.6 Å². The maximum Gasteiger partial charge on any atom is 0.269 e. The molecule has 0 spiro atoms. The van der Waals surface area contributed by atoms with Crippen LogP contribution in [0.3, 0.4) is 0 Å². The Labute approximate surface area is 135 Å². The molecule has 0 atom stereocenters. The van der Waals surface area contributed by atoms with Crippen molar-refractivity contribution in [2.75, 3.05) is 18.4 Å². The topological polar surface area (TPSA) is 54.0 Å². The minimum atomic E-state index is -0.163. The lowest BCUT2D eigenvalue weighted by Gasteiger charge is -2.07. The largest absolute Gasteiger partial charge is 0.384 e. The Morgan fingerprint density at radius 3 is 2.77 bits per heavy atom. The molecule has 2 rings (SSSR count). The summed E-state index contributed by atoms with van der Waals surface area (Å²) in [6.45, 7) is 3.55. The van der Waals surface area contributed by atoms with Crippen LogP contribution in [-0.4, -0.2) is 24.0 Å². The van der Waals surface area contributed by atoms with Crippen LogP contribution in [-0.2, 0) is 6.42 Å². The highest BCUT2D eigenvalue weighted by atomic mass is 35.5. The highest BCUT2D eigenvalue weighted by Gasteiger charge is 2.06. The molecule has 0 aliphatic carbocycles. The fraction of sp³-hybridized carbons (Fsp3) is 0.294. The number of hydrogen-bond donors (Lipinski definition) is 2. The van der Waals surface area contributed by atoms with E-state index in [0.717, 1.165) is 30.6 Å². The molecule has 2 aromatic rings. The lowest BCUT2D eigenvalue weighted by molar-refractivity contribution is 0.0949. The predicted octanol–water partition coefficient (Wildman–Crippen LogP) is 3.53. The first-order valence-corrected chi connectivity index (χ1v) is 7.79. The Balaban J connectivity index is 1.81. The van der Waals surface area contributed by atoms with Gasteiger partial charge in [-0.3, -0.25) is 4.79 Å². The van der Waals surface area contributed by atoms with Gasteiger partial charge < -0.3 is 10.6 Å². The monoisotopic (exact) mass is 317 g/mol. The lowest BCUT2D eigenvalue weighted by Crippen LogP contribution is -2.26. The fourth-order valence-corrected chi connectivity index (χ4v) is 2.22. The number of pyridine rings is 1. The number of benzene rings is 1. The second kappa shape index (κ2) is 8.39. The van der Waals surface area contributed by atoms with Gasteiger partial charge in [-0.05, 0) is 42.7 Å². The van der Waals surface area contributed by atoms with Gasteiger partial charge in [0.15, 0.2) is 0 Å². The van der Waals surface area contributed by atoms with Crippen molar-refractivity contribution in [2.45, 2.75) is 19.8 Å². The molecule has 0 unspecified atom stereocenters. The van der Waals surface area contributed by atoms with Crippen LogP contribution in [0.1, 0.15) is 29.4 Å². The van der Waals surface area contributed by atoms with E-state index in [4.69, 9.17) is 11.6 Å². The Morgan fingerprint density at radius 1 is 1.23 bits per heavy atom. The number of nitrogens with zero attached hydrogens (tertiary/aromatic N) is 1. The average Bonchev–Trinajstić information content (AvgIpc) is 2.53. The third-order valence-corrected chi connectivity index (χ3v) is 3.40. The first-order chi connectivity index (χ1) is 10.7. The van der Waals surface area contributed by atoms with Crippen LogP contribution in [0.2, 0.25) is 5.02 Å². The van der Waals surface area contributed by atoms with Crippen molar-refractivity contribution in [2.24, 2.45) is 0 Å². The van der Waals surface area contributed by atoms with Gasteiger partial charge in [-0.15, -0.1) is 0 Å². The van der Waals surface area contributed by atoms with Crippen molar-refractivity contribution in [1.82, 2.24) is 10.3 Å². The molecule has 22 heavy (non-hydrogen) atoms. The third-order valence-electron chi connectivity index (χ3n) is 3.16. The molecule has 0 saturated carbocycles. The van der Waals surface area contributed by atoms with Crippen molar-refractivity contribution in [1.29, 1.82) is 0 Å². The number of halogens is 1. The van der Waals surface area contributed by atoms with Gasteiger partial charge >= 0.3 is 0 Å². The molecule has 5 heteroatoms. The zero-order valence-electron chi connectivity index (χ0n) is 12.6. The molecule has 0 aliphatic rings. The van der Waals surface area contributed by atoms with Crippen LogP contribution in [0.5, 0.6) is 0 Å². The Bertz CT molecular complexity index is 614. The van der Waals surface area contributed by atoms with Crippen molar-refractivity contribution in [3.05, 3.63) is 58.9 Å². The summed E-state index contributed by atoms with van der Waals surface area (Å²) in [6, 6.07) is 11.2. The second-order valence-corrected chi connectivity index (χ2v) is 5.43. The van der Waals surface area contributed by atoms with E-state index in [1.54, 1.807) is 12.3 Å². The standard InChI is InChI=1S/C17H20ClN3O/c1-2-9-19-15-6-7-16(21-12-15)17(22)20-10-8-13-4-3-5-14(18)11-13/h3-7,11-12,19H,2,8-10H2,1H3,(H,20,22). The zero-order chi connectivity index (χ0) is 15.8. The van der Waals surface area contributed by atoms with Gasteiger partial charge in [-0.2, -0.15) is 0 Å². The molecular weight excluding hydrogens is 298 g/mol. The van der Waals surface area contributed by atoms with Crippen LogP contribution in [0.15, 0.2) is 42.6 Å². The van der Waals surface area contributed by atoms with E-state index in [1.807, 2.05) is 30.3 Å². The van der Waals surface area contributed by atoms with Crippen molar-refractivity contribution in [3.8, 4) is 0 Å². The maximum absolute atomic E-state index is 12.0. The first-order valence-electron chi connectivity index (χ1n) is 7.41. The Kier molecular flexibility index (Phi) is 6.22. The summed E-state index contributed by atoms with van der Waals surface area (Å²) >= 11 is 5.93. The quantitative estimate of drug-likeness (QED) is 0.821. The van der Waals surface area contributed by atoms with Gasteiger partial charge in [0.05, 0.1) is 11.9 Å². The summed E-state index contributed by atoms with van der Waals surface area (Å²) in [5.41, 5.74) is 2.45. The number of nitrogens with one attached hydrogen (secondary N) is 2. The Hall–Kier alpha value is -2.07. The zero-order valence-corrected chi connectivity index (χ0v) is 13.4. The molecule has 0 saturated heterocycles. The SMILES string of the molecule is CCCNc1ccc(C(=O)NCCc2cccc(Cl)c2)nc1. The van der Waals surface area contributed by atoms with Crippen LogP contribution in [0.25, 0.3) is 0 Å². The molecule has 1 amide bonds. The molecule has 0 bridgehead atoms. The van der Waals surface area contributed by atoms with Crippen molar-refractivity contribution < 1.29 is 4.79 Å².